The normalized spacial score (nSPS) is 14.7. The van der Waals surface area contributed by atoms with Gasteiger partial charge in [0.1, 0.15) is 0 Å². The number of carboxylic acids is 2. The summed E-state index contributed by atoms with van der Waals surface area (Å²) in [6, 6.07) is -1.74. The van der Waals surface area contributed by atoms with Gasteiger partial charge in [0.05, 0.1) is 0 Å². The van der Waals surface area contributed by atoms with Crippen molar-refractivity contribution in [2.24, 2.45) is 11.5 Å². The summed E-state index contributed by atoms with van der Waals surface area (Å²) in [5, 5.41) is 17.2. The summed E-state index contributed by atoms with van der Waals surface area (Å²) < 4.78 is 0. The molecule has 0 heterocycles. The standard InChI is InChI=1S/C6H12N2O4SSe/c7-3(5(9)10)1-13-14-2-4(8)6(11)12/h3-4H,1-2,7-8H2,(H,9,10)(H,11,12). The quantitative estimate of drug-likeness (QED) is 0.334. The molecule has 0 bridgehead atoms. The molecular formula is C6H12N2O4SSe. The molecule has 0 aromatic heterocycles. The van der Waals surface area contributed by atoms with Gasteiger partial charge in [-0.25, -0.2) is 0 Å². The zero-order valence-electron chi connectivity index (χ0n) is 7.25. The first-order chi connectivity index (χ1) is 6.45. The molecule has 0 fully saturated rings. The molecule has 0 aliphatic heterocycles. The minimum atomic E-state index is -1.05. The van der Waals surface area contributed by atoms with Crippen LogP contribution in [0.5, 0.6) is 0 Å². The molecule has 0 aromatic carbocycles. The summed E-state index contributed by atoms with van der Waals surface area (Å²) in [6.07, 6.45) is 0. The Balaban J connectivity index is 3.47. The summed E-state index contributed by atoms with van der Waals surface area (Å²) >= 11 is -0.0368. The fourth-order valence-corrected chi connectivity index (χ4v) is 4.37. The Kier molecular flexibility index (Phi) is 6.94. The number of nitrogens with two attached hydrogens (primary N) is 2. The van der Waals surface area contributed by atoms with E-state index in [1.807, 2.05) is 0 Å². The Morgan fingerprint density at radius 1 is 1.21 bits per heavy atom. The van der Waals surface area contributed by atoms with Crippen molar-refractivity contribution in [3.8, 4) is 0 Å². The number of rotatable bonds is 7. The van der Waals surface area contributed by atoms with Crippen LogP contribution in [0.15, 0.2) is 0 Å². The molecule has 0 rings (SSSR count). The third-order valence-electron chi connectivity index (χ3n) is 1.21. The molecule has 0 radical (unpaired) electrons. The summed E-state index contributed by atoms with van der Waals surface area (Å²) in [4.78, 5) is 20.6. The molecule has 0 aliphatic rings. The topological polar surface area (TPSA) is 127 Å². The van der Waals surface area contributed by atoms with Gasteiger partial charge in [-0.1, -0.05) is 0 Å². The molecule has 0 aliphatic carbocycles. The van der Waals surface area contributed by atoms with E-state index in [1.54, 1.807) is 0 Å². The molecule has 8 heteroatoms. The summed E-state index contributed by atoms with van der Waals surface area (Å²) in [5.74, 6) is -1.78. The number of aliphatic carboxylic acids is 2. The third-order valence-corrected chi connectivity index (χ3v) is 5.53. The van der Waals surface area contributed by atoms with Crippen molar-refractivity contribution in [1.29, 1.82) is 0 Å². The van der Waals surface area contributed by atoms with Gasteiger partial charge in [0, 0.05) is 0 Å². The van der Waals surface area contributed by atoms with Gasteiger partial charge in [-0.3, -0.25) is 0 Å². The van der Waals surface area contributed by atoms with Crippen LogP contribution in [0.25, 0.3) is 0 Å². The van der Waals surface area contributed by atoms with Crippen LogP contribution < -0.4 is 11.5 Å². The molecule has 0 amide bonds. The van der Waals surface area contributed by atoms with Gasteiger partial charge in [0.2, 0.25) is 0 Å². The van der Waals surface area contributed by atoms with E-state index in [9.17, 15) is 9.59 Å². The Morgan fingerprint density at radius 3 is 2.14 bits per heavy atom. The molecule has 2 atom stereocenters. The third kappa shape index (κ3) is 6.22. The second-order valence-electron chi connectivity index (χ2n) is 2.46. The van der Waals surface area contributed by atoms with E-state index in [-0.39, 0.29) is 13.8 Å². The van der Waals surface area contributed by atoms with Crippen molar-refractivity contribution in [3.63, 3.8) is 0 Å². The van der Waals surface area contributed by atoms with E-state index in [1.165, 1.54) is 10.2 Å². The van der Waals surface area contributed by atoms with Gasteiger partial charge < -0.3 is 0 Å². The van der Waals surface area contributed by atoms with Crippen LogP contribution in [0, 0.1) is 0 Å². The van der Waals surface area contributed by atoms with Crippen LogP contribution in [0.4, 0.5) is 0 Å². The summed E-state index contributed by atoms with van der Waals surface area (Å²) in [7, 11) is 1.35. The van der Waals surface area contributed by atoms with Crippen molar-refractivity contribution in [2.75, 3.05) is 5.75 Å². The van der Waals surface area contributed by atoms with Gasteiger partial charge in [0.25, 0.3) is 0 Å². The number of carboxylic acid groups (broad SMARTS) is 2. The molecule has 14 heavy (non-hydrogen) atoms. The monoisotopic (exact) mass is 288 g/mol. The van der Waals surface area contributed by atoms with E-state index in [0.717, 1.165) is 0 Å². The molecule has 0 aromatic rings. The molecule has 2 unspecified atom stereocenters. The van der Waals surface area contributed by atoms with Crippen molar-refractivity contribution >= 4 is 36.0 Å². The van der Waals surface area contributed by atoms with Crippen LogP contribution in [0.2, 0.25) is 5.32 Å². The van der Waals surface area contributed by atoms with Crippen molar-refractivity contribution in [3.05, 3.63) is 0 Å². The minimum absolute atomic E-state index is 0.0368. The van der Waals surface area contributed by atoms with Gasteiger partial charge >= 0.3 is 90.4 Å². The maximum absolute atomic E-state index is 10.3. The average Bonchev–Trinajstić information content (AvgIpc) is 2.11. The van der Waals surface area contributed by atoms with Crippen LogP contribution in [0.1, 0.15) is 0 Å². The van der Waals surface area contributed by atoms with Gasteiger partial charge in [-0.15, -0.1) is 0 Å². The molecular weight excluding hydrogens is 275 g/mol. The number of carbonyl (C=O) groups is 2. The van der Waals surface area contributed by atoms with Crippen LogP contribution >= 0.6 is 10.2 Å². The molecule has 82 valence electrons. The van der Waals surface area contributed by atoms with E-state index in [4.69, 9.17) is 21.7 Å². The Morgan fingerprint density at radius 2 is 1.71 bits per heavy atom. The molecule has 0 saturated carbocycles. The van der Waals surface area contributed by atoms with Crippen LogP contribution in [-0.4, -0.2) is 53.8 Å². The van der Waals surface area contributed by atoms with E-state index < -0.39 is 24.0 Å². The first-order valence-corrected chi connectivity index (χ1v) is 7.88. The molecule has 0 saturated heterocycles. The maximum atomic E-state index is 10.3. The van der Waals surface area contributed by atoms with Crippen molar-refractivity contribution in [1.82, 2.24) is 0 Å². The van der Waals surface area contributed by atoms with Crippen LogP contribution in [-0.2, 0) is 9.59 Å². The van der Waals surface area contributed by atoms with Crippen LogP contribution in [0.3, 0.4) is 0 Å². The fraction of sp³-hybridized carbons (Fsp3) is 0.667. The summed E-state index contributed by atoms with van der Waals surface area (Å²) in [5.41, 5.74) is 10.5. The first kappa shape index (κ1) is 13.7. The van der Waals surface area contributed by atoms with Gasteiger partial charge in [0.15, 0.2) is 0 Å². The van der Waals surface area contributed by atoms with E-state index in [0.29, 0.717) is 11.1 Å². The fourth-order valence-electron chi connectivity index (χ4n) is 0.385. The second-order valence-corrected chi connectivity index (χ2v) is 6.93. The predicted molar refractivity (Wildman–Crippen MR) is 54.2 cm³/mol. The van der Waals surface area contributed by atoms with Crippen molar-refractivity contribution in [2.45, 2.75) is 17.4 Å². The Hall–Kier alpha value is -0.271. The molecule has 0 spiro atoms. The van der Waals surface area contributed by atoms with E-state index >= 15 is 0 Å². The predicted octanol–water partition coefficient (Wildman–Crippen LogP) is -1.42. The molecule has 6 nitrogen and oxygen atoms in total. The Bertz CT molecular complexity index is 194. The van der Waals surface area contributed by atoms with Gasteiger partial charge in [-0.2, -0.15) is 0 Å². The zero-order valence-corrected chi connectivity index (χ0v) is 9.78. The SMILES string of the molecule is NC(CS[Se]CC(N)C(=O)O)C(=O)O. The Labute approximate surface area is 90.6 Å². The zero-order chi connectivity index (χ0) is 11.1. The number of hydrogen-bond acceptors (Lipinski definition) is 5. The van der Waals surface area contributed by atoms with Crippen molar-refractivity contribution < 1.29 is 19.8 Å². The summed E-state index contributed by atoms with van der Waals surface area (Å²) in [6.45, 7) is 0. The van der Waals surface area contributed by atoms with Gasteiger partial charge in [-0.05, 0) is 0 Å². The second kappa shape index (κ2) is 7.08. The van der Waals surface area contributed by atoms with E-state index in [2.05, 4.69) is 0 Å². The average molecular weight is 287 g/mol. The number of hydrogen-bond donors (Lipinski definition) is 4. The first-order valence-electron chi connectivity index (χ1n) is 3.66. The molecule has 6 N–H and O–H groups in total.